The highest BCUT2D eigenvalue weighted by atomic mass is 32.1. The fourth-order valence-electron chi connectivity index (χ4n) is 2.05. The molecule has 1 aliphatic rings. The average molecular weight is 236 g/mol. The molecule has 0 fully saturated rings. The molecule has 0 bridgehead atoms. The second-order valence-corrected chi connectivity index (χ2v) is 5.84. The molecule has 2 aromatic rings. The third kappa shape index (κ3) is 1.46. The minimum absolute atomic E-state index is 0.405. The van der Waals surface area contributed by atoms with Gasteiger partial charge in [0.05, 0.1) is 5.69 Å². The van der Waals surface area contributed by atoms with E-state index in [1.165, 1.54) is 10.6 Å². The van der Waals surface area contributed by atoms with Crippen molar-refractivity contribution in [2.24, 2.45) is 0 Å². The molecular formula is C11H16N4S. The van der Waals surface area contributed by atoms with Gasteiger partial charge in [-0.05, 0) is 6.92 Å². The highest BCUT2D eigenvalue weighted by Gasteiger charge is 2.22. The van der Waals surface area contributed by atoms with E-state index in [-0.39, 0.29) is 0 Å². The summed E-state index contributed by atoms with van der Waals surface area (Å²) in [4.78, 5) is 7.02. The van der Waals surface area contributed by atoms with E-state index in [2.05, 4.69) is 36.2 Å². The van der Waals surface area contributed by atoms with E-state index in [0.717, 1.165) is 23.8 Å². The zero-order chi connectivity index (χ0) is 11.3. The van der Waals surface area contributed by atoms with Crippen LogP contribution in [0.4, 0.5) is 0 Å². The number of rotatable bonds is 1. The molecule has 16 heavy (non-hydrogen) atoms. The third-order valence-electron chi connectivity index (χ3n) is 3.01. The molecule has 2 aromatic heterocycles. The van der Waals surface area contributed by atoms with E-state index < -0.39 is 0 Å². The Morgan fingerprint density at radius 1 is 1.50 bits per heavy atom. The Bertz CT molecular complexity index is 525. The van der Waals surface area contributed by atoms with Gasteiger partial charge in [0.25, 0.3) is 0 Å². The molecular weight excluding hydrogens is 220 g/mol. The standard InChI is InChI=1S/C11H16N4S/c1-6(2)10-13-11-15(14-10)8-4-7(3)12-5-9(8)16-11/h6-7,12H,4-5H2,1-3H3. The first kappa shape index (κ1) is 10.2. The summed E-state index contributed by atoms with van der Waals surface area (Å²) >= 11 is 1.77. The lowest BCUT2D eigenvalue weighted by Gasteiger charge is -2.19. The SMILES string of the molecule is CC1Cc2c(sc3nc(C(C)C)nn23)CN1. The molecule has 0 aromatic carbocycles. The Kier molecular flexibility index (Phi) is 2.26. The fraction of sp³-hybridized carbons (Fsp3) is 0.636. The van der Waals surface area contributed by atoms with Gasteiger partial charge in [-0.15, -0.1) is 0 Å². The number of nitrogens with zero attached hydrogens (tertiary/aromatic N) is 3. The molecule has 0 saturated heterocycles. The third-order valence-corrected chi connectivity index (χ3v) is 4.09. The summed E-state index contributed by atoms with van der Waals surface area (Å²) < 4.78 is 2.05. The Labute approximate surface area is 98.7 Å². The summed E-state index contributed by atoms with van der Waals surface area (Å²) in [6.45, 7) is 7.45. The lowest BCUT2D eigenvalue weighted by molar-refractivity contribution is 0.504. The van der Waals surface area contributed by atoms with Crippen molar-refractivity contribution >= 4 is 16.3 Å². The number of fused-ring (bicyclic) bond motifs is 3. The zero-order valence-corrected chi connectivity index (χ0v) is 10.6. The number of hydrogen-bond acceptors (Lipinski definition) is 4. The first-order valence-corrected chi connectivity index (χ1v) is 6.57. The molecule has 4 nitrogen and oxygen atoms in total. The van der Waals surface area contributed by atoms with Crippen LogP contribution < -0.4 is 5.32 Å². The van der Waals surface area contributed by atoms with Crippen molar-refractivity contribution in [3.63, 3.8) is 0 Å². The molecule has 0 saturated carbocycles. The van der Waals surface area contributed by atoms with Crippen molar-refractivity contribution < 1.29 is 0 Å². The van der Waals surface area contributed by atoms with Gasteiger partial charge in [0.15, 0.2) is 5.82 Å². The highest BCUT2D eigenvalue weighted by molar-refractivity contribution is 7.17. The van der Waals surface area contributed by atoms with Gasteiger partial charge in [-0.1, -0.05) is 25.2 Å². The molecule has 86 valence electrons. The van der Waals surface area contributed by atoms with Crippen LogP contribution in [0.15, 0.2) is 0 Å². The van der Waals surface area contributed by atoms with Crippen molar-refractivity contribution in [1.29, 1.82) is 0 Å². The van der Waals surface area contributed by atoms with E-state index in [1.807, 2.05) is 4.52 Å². The number of aromatic nitrogens is 3. The van der Waals surface area contributed by atoms with Gasteiger partial charge in [-0.2, -0.15) is 5.10 Å². The zero-order valence-electron chi connectivity index (χ0n) is 9.82. The van der Waals surface area contributed by atoms with Gasteiger partial charge in [-0.3, -0.25) is 0 Å². The molecule has 0 radical (unpaired) electrons. The molecule has 1 atom stereocenters. The summed E-state index contributed by atoms with van der Waals surface area (Å²) in [5, 5.41) is 8.08. The first-order chi connectivity index (χ1) is 7.65. The van der Waals surface area contributed by atoms with Crippen molar-refractivity contribution in [1.82, 2.24) is 19.9 Å². The maximum atomic E-state index is 4.61. The van der Waals surface area contributed by atoms with Crippen LogP contribution in [0.5, 0.6) is 0 Å². The van der Waals surface area contributed by atoms with Crippen molar-refractivity contribution in [3.8, 4) is 0 Å². The lowest BCUT2D eigenvalue weighted by Crippen LogP contribution is -2.32. The molecule has 1 aliphatic heterocycles. The van der Waals surface area contributed by atoms with Crippen LogP contribution in [0.25, 0.3) is 4.96 Å². The van der Waals surface area contributed by atoms with Crippen LogP contribution in [0.2, 0.25) is 0 Å². The van der Waals surface area contributed by atoms with Crippen LogP contribution in [-0.4, -0.2) is 20.6 Å². The number of hydrogen-bond donors (Lipinski definition) is 1. The van der Waals surface area contributed by atoms with E-state index in [4.69, 9.17) is 0 Å². The normalized spacial score (nSPS) is 20.6. The molecule has 1 unspecified atom stereocenters. The van der Waals surface area contributed by atoms with Crippen LogP contribution >= 0.6 is 11.3 Å². The van der Waals surface area contributed by atoms with Gasteiger partial charge in [0.1, 0.15) is 0 Å². The maximum absolute atomic E-state index is 4.61. The number of nitrogens with one attached hydrogen (secondary N) is 1. The van der Waals surface area contributed by atoms with Crippen LogP contribution in [0.1, 0.15) is 43.1 Å². The molecule has 0 spiro atoms. The Morgan fingerprint density at radius 3 is 3.06 bits per heavy atom. The summed E-state index contributed by atoms with van der Waals surface area (Å²) in [7, 11) is 0. The second kappa shape index (κ2) is 3.53. The summed E-state index contributed by atoms with van der Waals surface area (Å²) in [6.07, 6.45) is 1.05. The molecule has 0 amide bonds. The Morgan fingerprint density at radius 2 is 2.31 bits per heavy atom. The second-order valence-electron chi connectivity index (χ2n) is 4.78. The van der Waals surface area contributed by atoms with Crippen LogP contribution in [-0.2, 0) is 13.0 Å². The Balaban J connectivity index is 2.13. The topological polar surface area (TPSA) is 42.2 Å². The van der Waals surface area contributed by atoms with Gasteiger partial charge in [0, 0.05) is 29.8 Å². The maximum Gasteiger partial charge on any atom is 0.212 e. The van der Waals surface area contributed by atoms with E-state index in [0.29, 0.717) is 12.0 Å². The minimum atomic E-state index is 0.405. The van der Waals surface area contributed by atoms with Crippen molar-refractivity contribution in [2.75, 3.05) is 0 Å². The van der Waals surface area contributed by atoms with Crippen LogP contribution in [0, 0.1) is 0 Å². The van der Waals surface area contributed by atoms with Gasteiger partial charge in [-0.25, -0.2) is 9.50 Å². The summed E-state index contributed by atoms with van der Waals surface area (Å²) in [6, 6.07) is 0.539. The van der Waals surface area contributed by atoms with Crippen molar-refractivity contribution in [2.45, 2.75) is 45.7 Å². The van der Waals surface area contributed by atoms with Crippen molar-refractivity contribution in [3.05, 3.63) is 16.4 Å². The van der Waals surface area contributed by atoms with E-state index in [9.17, 15) is 0 Å². The minimum Gasteiger partial charge on any atom is -0.309 e. The molecule has 1 N–H and O–H groups in total. The largest absolute Gasteiger partial charge is 0.309 e. The van der Waals surface area contributed by atoms with E-state index >= 15 is 0 Å². The smallest absolute Gasteiger partial charge is 0.212 e. The molecule has 3 rings (SSSR count). The van der Waals surface area contributed by atoms with Gasteiger partial charge < -0.3 is 5.32 Å². The predicted molar refractivity (Wildman–Crippen MR) is 65.0 cm³/mol. The quantitative estimate of drug-likeness (QED) is 0.823. The summed E-state index contributed by atoms with van der Waals surface area (Å²) in [5.41, 5.74) is 1.35. The predicted octanol–water partition coefficient (Wildman–Crippen LogP) is 1.95. The van der Waals surface area contributed by atoms with Gasteiger partial charge in [0.2, 0.25) is 4.96 Å². The fourth-order valence-corrected chi connectivity index (χ4v) is 3.09. The molecule has 5 heteroatoms. The van der Waals surface area contributed by atoms with Crippen LogP contribution in [0.3, 0.4) is 0 Å². The highest BCUT2D eigenvalue weighted by Crippen LogP contribution is 2.27. The molecule has 0 aliphatic carbocycles. The van der Waals surface area contributed by atoms with E-state index in [1.54, 1.807) is 11.3 Å². The lowest BCUT2D eigenvalue weighted by atomic mass is 10.1. The Hall–Kier alpha value is -0.940. The number of thiazole rings is 1. The average Bonchev–Trinajstić information content (AvgIpc) is 2.75. The molecule has 3 heterocycles. The first-order valence-electron chi connectivity index (χ1n) is 5.75. The van der Waals surface area contributed by atoms with Gasteiger partial charge >= 0.3 is 0 Å². The summed E-state index contributed by atoms with van der Waals surface area (Å²) in [5.74, 6) is 1.36. The monoisotopic (exact) mass is 236 g/mol.